The predicted molar refractivity (Wildman–Crippen MR) is 132 cm³/mol. The van der Waals surface area contributed by atoms with Crippen molar-refractivity contribution in [3.8, 4) is 0 Å². The number of benzene rings is 2. The normalized spacial score (nSPS) is 12.1. The number of aryl methyl sites for hydroxylation is 2. The van der Waals surface area contributed by atoms with E-state index in [9.17, 15) is 14.4 Å². The summed E-state index contributed by atoms with van der Waals surface area (Å²) in [6, 6.07) is 14.0. The van der Waals surface area contributed by atoms with E-state index in [0.29, 0.717) is 22.9 Å². The third-order valence-electron chi connectivity index (χ3n) is 5.68. The molecule has 10 nitrogen and oxygen atoms in total. The lowest BCUT2D eigenvalue weighted by Gasteiger charge is -2.18. The van der Waals surface area contributed by atoms with Crippen molar-refractivity contribution in [1.29, 1.82) is 0 Å². The third-order valence-corrected chi connectivity index (χ3v) is 5.68. The van der Waals surface area contributed by atoms with Crippen LogP contribution in [0.1, 0.15) is 46.0 Å². The first-order chi connectivity index (χ1) is 16.9. The van der Waals surface area contributed by atoms with Crippen LogP contribution in [-0.2, 0) is 11.3 Å². The molecule has 0 saturated heterocycles. The lowest BCUT2D eigenvalue weighted by atomic mass is 10.0. The number of aromatic nitrogens is 4. The van der Waals surface area contributed by atoms with E-state index in [-0.39, 0.29) is 5.69 Å². The summed E-state index contributed by atoms with van der Waals surface area (Å²) in [4.78, 5) is 38.4. The van der Waals surface area contributed by atoms with Crippen LogP contribution in [0, 0.1) is 13.8 Å². The van der Waals surface area contributed by atoms with Gasteiger partial charge >= 0.3 is 0 Å². The SMILES string of the molecule is CCn1nc(C)c(/C=N\NC(=O)[C@@H](NC(=O)c2ccccc2)c2n[nH]c(=O)c3ccccc23)c1C. The number of amides is 2. The summed E-state index contributed by atoms with van der Waals surface area (Å²) >= 11 is 0. The van der Waals surface area contributed by atoms with Crippen molar-refractivity contribution >= 4 is 28.8 Å². The summed E-state index contributed by atoms with van der Waals surface area (Å²) in [6.07, 6.45) is 1.52. The van der Waals surface area contributed by atoms with Gasteiger partial charge in [-0.3, -0.25) is 19.1 Å². The minimum Gasteiger partial charge on any atom is -0.335 e. The molecule has 0 saturated carbocycles. The molecular weight excluding hydrogens is 446 g/mol. The van der Waals surface area contributed by atoms with Crippen molar-refractivity contribution in [2.45, 2.75) is 33.4 Å². The standard InChI is InChI=1S/C25H25N7O3/c1-4-32-16(3)20(15(2)31-32)14-26-29-25(35)22(27-23(33)17-10-6-5-7-11-17)21-18-12-8-9-13-19(18)24(34)30-28-21/h5-14,22H,4H2,1-3H3,(H,27,33)(H,29,35)(H,30,34)/b26-14-/t22-/m0/s1. The van der Waals surface area contributed by atoms with Gasteiger partial charge in [0.15, 0.2) is 6.04 Å². The Kier molecular flexibility index (Phi) is 6.81. The van der Waals surface area contributed by atoms with Gasteiger partial charge in [0.05, 0.1) is 17.3 Å². The lowest BCUT2D eigenvalue weighted by molar-refractivity contribution is -0.123. The van der Waals surface area contributed by atoms with Gasteiger partial charge in [-0.1, -0.05) is 36.4 Å². The van der Waals surface area contributed by atoms with E-state index < -0.39 is 23.4 Å². The molecule has 35 heavy (non-hydrogen) atoms. The van der Waals surface area contributed by atoms with Crippen molar-refractivity contribution in [3.05, 3.63) is 93.2 Å². The molecule has 4 aromatic rings. The van der Waals surface area contributed by atoms with E-state index >= 15 is 0 Å². The molecule has 0 unspecified atom stereocenters. The highest BCUT2D eigenvalue weighted by Gasteiger charge is 2.27. The van der Waals surface area contributed by atoms with Gasteiger partial charge < -0.3 is 5.32 Å². The fraction of sp³-hybridized carbons (Fsp3) is 0.200. The van der Waals surface area contributed by atoms with Crippen LogP contribution in [-0.4, -0.2) is 38.0 Å². The summed E-state index contributed by atoms with van der Waals surface area (Å²) in [5, 5.41) is 18.6. The van der Waals surface area contributed by atoms with Gasteiger partial charge in [0, 0.05) is 28.8 Å². The van der Waals surface area contributed by atoms with Crippen LogP contribution in [0.3, 0.4) is 0 Å². The van der Waals surface area contributed by atoms with Gasteiger partial charge in [0.1, 0.15) is 5.69 Å². The Morgan fingerprint density at radius 3 is 2.46 bits per heavy atom. The number of nitrogens with one attached hydrogen (secondary N) is 3. The van der Waals surface area contributed by atoms with Gasteiger partial charge in [-0.25, -0.2) is 10.5 Å². The Morgan fingerprint density at radius 1 is 1.09 bits per heavy atom. The van der Waals surface area contributed by atoms with Crippen LogP contribution in [0.25, 0.3) is 10.8 Å². The first-order valence-corrected chi connectivity index (χ1v) is 11.1. The van der Waals surface area contributed by atoms with Crippen molar-refractivity contribution in [2.24, 2.45) is 5.10 Å². The van der Waals surface area contributed by atoms with Crippen LogP contribution in [0.5, 0.6) is 0 Å². The molecule has 178 valence electrons. The molecule has 2 amide bonds. The summed E-state index contributed by atoms with van der Waals surface area (Å²) < 4.78 is 1.85. The molecule has 0 fully saturated rings. The third kappa shape index (κ3) is 4.86. The largest absolute Gasteiger partial charge is 0.335 e. The second-order valence-electron chi connectivity index (χ2n) is 7.89. The van der Waals surface area contributed by atoms with E-state index in [2.05, 4.69) is 31.1 Å². The first kappa shape index (κ1) is 23.6. The monoisotopic (exact) mass is 471 g/mol. The molecule has 3 N–H and O–H groups in total. The number of nitrogens with zero attached hydrogens (tertiary/aromatic N) is 4. The smallest absolute Gasteiger partial charge is 0.272 e. The average molecular weight is 472 g/mol. The number of aromatic amines is 1. The van der Waals surface area contributed by atoms with Crippen LogP contribution in [0.2, 0.25) is 0 Å². The van der Waals surface area contributed by atoms with E-state index in [1.807, 2.05) is 25.5 Å². The van der Waals surface area contributed by atoms with E-state index in [1.165, 1.54) is 6.21 Å². The number of H-pyrrole nitrogens is 1. The summed E-state index contributed by atoms with van der Waals surface area (Å²) in [5.74, 6) is -1.09. The molecule has 0 bridgehead atoms. The highest BCUT2D eigenvalue weighted by molar-refractivity contribution is 5.99. The van der Waals surface area contributed by atoms with Crippen molar-refractivity contribution in [1.82, 2.24) is 30.7 Å². The molecule has 2 aromatic heterocycles. The fourth-order valence-corrected chi connectivity index (χ4v) is 3.85. The number of carbonyl (C=O) groups excluding carboxylic acids is 2. The average Bonchev–Trinajstić information content (AvgIpc) is 3.16. The Morgan fingerprint density at radius 2 is 1.77 bits per heavy atom. The van der Waals surface area contributed by atoms with Gasteiger partial charge in [0.25, 0.3) is 17.4 Å². The van der Waals surface area contributed by atoms with Crippen molar-refractivity contribution in [2.75, 3.05) is 0 Å². The van der Waals surface area contributed by atoms with Gasteiger partial charge in [-0.15, -0.1) is 0 Å². The Hall–Kier alpha value is -4.60. The number of hydrogen-bond acceptors (Lipinski definition) is 6. The Labute approximate surface area is 201 Å². The summed E-state index contributed by atoms with van der Waals surface area (Å²) in [5.41, 5.74) is 5.17. The van der Waals surface area contributed by atoms with Crippen LogP contribution in [0.15, 0.2) is 64.5 Å². The highest BCUT2D eigenvalue weighted by atomic mass is 16.2. The number of fused-ring (bicyclic) bond motifs is 1. The van der Waals surface area contributed by atoms with Gasteiger partial charge in [0.2, 0.25) is 0 Å². The molecule has 10 heteroatoms. The molecule has 2 heterocycles. The molecule has 0 aliphatic heterocycles. The zero-order valence-corrected chi connectivity index (χ0v) is 19.6. The maximum atomic E-state index is 13.3. The van der Waals surface area contributed by atoms with E-state index in [0.717, 1.165) is 17.0 Å². The molecular formula is C25H25N7O3. The van der Waals surface area contributed by atoms with Gasteiger partial charge in [-0.2, -0.15) is 15.3 Å². The van der Waals surface area contributed by atoms with Crippen molar-refractivity contribution < 1.29 is 9.59 Å². The Balaban J connectivity index is 1.68. The van der Waals surface area contributed by atoms with E-state index in [4.69, 9.17) is 0 Å². The van der Waals surface area contributed by atoms with Crippen molar-refractivity contribution in [3.63, 3.8) is 0 Å². The highest BCUT2D eigenvalue weighted by Crippen LogP contribution is 2.20. The minimum absolute atomic E-state index is 0.198. The number of hydrazone groups is 1. The second kappa shape index (κ2) is 10.1. The predicted octanol–water partition coefficient (Wildman–Crippen LogP) is 2.38. The molecule has 2 aromatic carbocycles. The van der Waals surface area contributed by atoms with Crippen LogP contribution in [0.4, 0.5) is 0 Å². The molecule has 0 spiro atoms. The Bertz CT molecular complexity index is 1470. The molecule has 0 aliphatic rings. The minimum atomic E-state index is -1.22. The maximum Gasteiger partial charge on any atom is 0.272 e. The number of hydrogen-bond donors (Lipinski definition) is 3. The molecule has 4 rings (SSSR count). The van der Waals surface area contributed by atoms with E-state index in [1.54, 1.807) is 54.6 Å². The van der Waals surface area contributed by atoms with Crippen LogP contribution < -0.4 is 16.3 Å². The topological polar surface area (TPSA) is 134 Å². The summed E-state index contributed by atoms with van der Waals surface area (Å²) in [6.45, 7) is 6.49. The molecule has 0 radical (unpaired) electrons. The second-order valence-corrected chi connectivity index (χ2v) is 7.89. The van der Waals surface area contributed by atoms with Crippen LogP contribution >= 0.6 is 0 Å². The maximum absolute atomic E-state index is 13.3. The zero-order valence-electron chi connectivity index (χ0n) is 19.6. The molecule has 0 aliphatic carbocycles. The number of rotatable bonds is 7. The summed E-state index contributed by atoms with van der Waals surface area (Å²) in [7, 11) is 0. The molecule has 1 atom stereocenters. The fourth-order valence-electron chi connectivity index (χ4n) is 3.85. The quantitative estimate of drug-likeness (QED) is 0.281. The van der Waals surface area contributed by atoms with Gasteiger partial charge in [-0.05, 0) is 39.0 Å². The zero-order chi connectivity index (χ0) is 24.9. The first-order valence-electron chi connectivity index (χ1n) is 11.1. The number of carbonyl (C=O) groups is 2. The lowest BCUT2D eigenvalue weighted by Crippen LogP contribution is -2.40.